The molecule has 1 heterocycles. The first kappa shape index (κ1) is 27.7. The second-order valence-corrected chi connectivity index (χ2v) is 9.96. The lowest BCUT2D eigenvalue weighted by Gasteiger charge is -2.30. The van der Waals surface area contributed by atoms with Crippen LogP contribution in [0.15, 0.2) is 24.3 Å². The van der Waals surface area contributed by atoms with Crippen LogP contribution >= 0.6 is 12.4 Å². The minimum absolute atomic E-state index is 0. The number of rotatable bonds is 11. The summed E-state index contributed by atoms with van der Waals surface area (Å²) in [6, 6.07) is 8.38. The summed E-state index contributed by atoms with van der Waals surface area (Å²) in [6.07, 6.45) is 12.4. The summed E-state index contributed by atoms with van der Waals surface area (Å²) < 4.78 is 0. The molecule has 0 bridgehead atoms. The zero-order chi connectivity index (χ0) is 22.8. The molecular weight excluding hydrogens is 436 g/mol. The molecule has 33 heavy (non-hydrogen) atoms. The lowest BCUT2D eigenvalue weighted by molar-refractivity contribution is -0.142. The number of unbranched alkanes of at least 4 members (excludes halogenated alkanes) is 3. The Balaban J connectivity index is 0.00000385. The Kier molecular flexibility index (Phi) is 12.3. The van der Waals surface area contributed by atoms with Gasteiger partial charge in [0.25, 0.3) is 5.91 Å². The standard InChI is InChI=1S/C27H42N2O3.ClH/c1-2-3-4-5-6-24(27(31)32)19-20-7-13-25(14-8-20)29-26(30)23-11-9-21(10-12-23)22-15-17-28-18-16-22;/h9-12,20,22,24-25,28H,2-8,13-19H2,1H3,(H,29,30)(H,31,32);1H. The van der Waals surface area contributed by atoms with Crippen LogP contribution in [0.1, 0.15) is 106 Å². The molecule has 1 atom stereocenters. The number of hydrogen-bond donors (Lipinski definition) is 3. The van der Waals surface area contributed by atoms with E-state index in [1.165, 1.54) is 18.4 Å². The molecule has 1 saturated heterocycles. The van der Waals surface area contributed by atoms with E-state index in [-0.39, 0.29) is 30.3 Å². The molecule has 186 valence electrons. The number of carboxylic acid groups (broad SMARTS) is 1. The van der Waals surface area contributed by atoms with Gasteiger partial charge in [-0.2, -0.15) is 0 Å². The summed E-state index contributed by atoms with van der Waals surface area (Å²) >= 11 is 0. The highest BCUT2D eigenvalue weighted by Gasteiger charge is 2.27. The normalized spacial score (nSPS) is 22.2. The zero-order valence-corrected chi connectivity index (χ0v) is 21.0. The van der Waals surface area contributed by atoms with Gasteiger partial charge in [-0.1, -0.05) is 44.7 Å². The van der Waals surface area contributed by atoms with Crippen molar-refractivity contribution in [3.8, 4) is 0 Å². The number of halogens is 1. The summed E-state index contributed by atoms with van der Waals surface area (Å²) in [5.74, 6) is 0.251. The monoisotopic (exact) mass is 478 g/mol. The van der Waals surface area contributed by atoms with Crippen molar-refractivity contribution in [1.29, 1.82) is 0 Å². The van der Waals surface area contributed by atoms with Gasteiger partial charge in [0, 0.05) is 11.6 Å². The van der Waals surface area contributed by atoms with E-state index >= 15 is 0 Å². The second kappa shape index (κ2) is 14.6. The van der Waals surface area contributed by atoms with Gasteiger partial charge in [0.15, 0.2) is 0 Å². The van der Waals surface area contributed by atoms with Crippen LogP contribution < -0.4 is 10.6 Å². The van der Waals surface area contributed by atoms with Crippen molar-refractivity contribution in [2.45, 2.75) is 95.9 Å². The van der Waals surface area contributed by atoms with Gasteiger partial charge in [0.05, 0.1) is 5.92 Å². The number of amides is 1. The maximum absolute atomic E-state index is 12.7. The van der Waals surface area contributed by atoms with Gasteiger partial charge >= 0.3 is 5.97 Å². The van der Waals surface area contributed by atoms with E-state index in [2.05, 4.69) is 29.7 Å². The number of carbonyl (C=O) groups excluding carboxylic acids is 1. The van der Waals surface area contributed by atoms with E-state index in [9.17, 15) is 14.7 Å². The van der Waals surface area contributed by atoms with Crippen molar-refractivity contribution in [2.75, 3.05) is 13.1 Å². The van der Waals surface area contributed by atoms with Crippen molar-refractivity contribution >= 4 is 24.3 Å². The highest BCUT2D eigenvalue weighted by atomic mass is 35.5. The molecule has 1 aromatic rings. The Morgan fingerprint density at radius 2 is 1.67 bits per heavy atom. The number of nitrogens with one attached hydrogen (secondary N) is 2. The first-order chi connectivity index (χ1) is 15.6. The molecule has 0 spiro atoms. The maximum atomic E-state index is 12.7. The Bertz CT molecular complexity index is 711. The second-order valence-electron chi connectivity index (χ2n) is 9.96. The van der Waals surface area contributed by atoms with Crippen molar-refractivity contribution in [1.82, 2.24) is 10.6 Å². The number of benzene rings is 1. The van der Waals surface area contributed by atoms with Gasteiger partial charge in [0.2, 0.25) is 0 Å². The lowest BCUT2D eigenvalue weighted by Crippen LogP contribution is -2.38. The third-order valence-electron chi connectivity index (χ3n) is 7.54. The van der Waals surface area contributed by atoms with Crippen LogP contribution in [0.4, 0.5) is 0 Å². The number of aliphatic carboxylic acids is 1. The quantitative estimate of drug-likeness (QED) is 0.344. The average molecular weight is 479 g/mol. The molecule has 3 rings (SSSR count). The van der Waals surface area contributed by atoms with Crippen molar-refractivity contribution < 1.29 is 14.7 Å². The topological polar surface area (TPSA) is 78.4 Å². The van der Waals surface area contributed by atoms with Gasteiger partial charge in [0.1, 0.15) is 0 Å². The van der Waals surface area contributed by atoms with Crippen LogP contribution in [-0.4, -0.2) is 36.1 Å². The van der Waals surface area contributed by atoms with Gasteiger partial charge < -0.3 is 15.7 Å². The Morgan fingerprint density at radius 1 is 1.00 bits per heavy atom. The van der Waals surface area contributed by atoms with E-state index < -0.39 is 5.97 Å². The molecule has 1 amide bonds. The fourth-order valence-corrected chi connectivity index (χ4v) is 5.44. The fraction of sp³-hybridized carbons (Fsp3) is 0.704. The molecule has 1 aliphatic heterocycles. The predicted octanol–water partition coefficient (Wildman–Crippen LogP) is 5.93. The van der Waals surface area contributed by atoms with Gasteiger partial charge in [-0.05, 0) is 94.0 Å². The maximum Gasteiger partial charge on any atom is 0.306 e. The Hall–Kier alpha value is -1.59. The van der Waals surface area contributed by atoms with Crippen molar-refractivity contribution in [3.05, 3.63) is 35.4 Å². The van der Waals surface area contributed by atoms with Crippen LogP contribution in [0.5, 0.6) is 0 Å². The van der Waals surface area contributed by atoms with Crippen LogP contribution in [0, 0.1) is 11.8 Å². The average Bonchev–Trinajstić information content (AvgIpc) is 2.82. The third kappa shape index (κ3) is 8.94. The lowest BCUT2D eigenvalue weighted by atomic mass is 9.79. The summed E-state index contributed by atoms with van der Waals surface area (Å²) in [7, 11) is 0. The molecule has 0 radical (unpaired) electrons. The molecular formula is C27H43ClN2O3. The molecule has 2 aliphatic rings. The van der Waals surface area contributed by atoms with Crippen LogP contribution in [0.2, 0.25) is 0 Å². The molecule has 1 aromatic carbocycles. The summed E-state index contributed by atoms with van der Waals surface area (Å²) in [6.45, 7) is 4.32. The number of carboxylic acids is 1. The third-order valence-corrected chi connectivity index (χ3v) is 7.54. The summed E-state index contributed by atoms with van der Waals surface area (Å²) in [5.41, 5.74) is 2.08. The zero-order valence-electron chi connectivity index (χ0n) is 20.2. The van der Waals surface area contributed by atoms with E-state index in [4.69, 9.17) is 0 Å². The van der Waals surface area contributed by atoms with E-state index in [0.29, 0.717) is 11.8 Å². The molecule has 1 unspecified atom stereocenters. The molecule has 1 aliphatic carbocycles. The first-order valence-corrected chi connectivity index (χ1v) is 12.9. The van der Waals surface area contributed by atoms with Crippen LogP contribution in [-0.2, 0) is 4.79 Å². The SMILES string of the molecule is CCCCCCC(CC1CCC(NC(=O)c2ccc(C3CCNCC3)cc2)CC1)C(=O)O.Cl. The Labute approximate surface area is 205 Å². The number of hydrogen-bond acceptors (Lipinski definition) is 3. The van der Waals surface area contributed by atoms with Crippen LogP contribution in [0.25, 0.3) is 0 Å². The van der Waals surface area contributed by atoms with Gasteiger partial charge in [-0.3, -0.25) is 9.59 Å². The van der Waals surface area contributed by atoms with E-state index in [1.807, 2.05) is 12.1 Å². The molecule has 5 nitrogen and oxygen atoms in total. The minimum atomic E-state index is -0.634. The van der Waals surface area contributed by atoms with Gasteiger partial charge in [-0.25, -0.2) is 0 Å². The predicted molar refractivity (Wildman–Crippen MR) is 136 cm³/mol. The smallest absolute Gasteiger partial charge is 0.306 e. The first-order valence-electron chi connectivity index (χ1n) is 12.9. The molecule has 3 N–H and O–H groups in total. The van der Waals surface area contributed by atoms with Gasteiger partial charge in [-0.15, -0.1) is 12.4 Å². The summed E-state index contributed by atoms with van der Waals surface area (Å²) in [5, 5.41) is 16.2. The largest absolute Gasteiger partial charge is 0.481 e. The van der Waals surface area contributed by atoms with Crippen LogP contribution in [0.3, 0.4) is 0 Å². The van der Waals surface area contributed by atoms with E-state index in [1.54, 1.807) is 0 Å². The molecule has 0 aromatic heterocycles. The number of piperidine rings is 1. The molecule has 6 heteroatoms. The fourth-order valence-electron chi connectivity index (χ4n) is 5.44. The van der Waals surface area contributed by atoms with Crippen molar-refractivity contribution in [3.63, 3.8) is 0 Å². The highest BCUT2D eigenvalue weighted by Crippen LogP contribution is 2.32. The molecule has 1 saturated carbocycles. The summed E-state index contributed by atoms with van der Waals surface area (Å²) in [4.78, 5) is 24.4. The van der Waals surface area contributed by atoms with Crippen molar-refractivity contribution in [2.24, 2.45) is 11.8 Å². The minimum Gasteiger partial charge on any atom is -0.481 e. The van der Waals surface area contributed by atoms with E-state index in [0.717, 1.165) is 82.9 Å². The molecule has 2 fully saturated rings. The number of carbonyl (C=O) groups is 2. The highest BCUT2D eigenvalue weighted by molar-refractivity contribution is 5.94. The Morgan fingerprint density at radius 3 is 2.27 bits per heavy atom.